The van der Waals surface area contributed by atoms with E-state index in [1.165, 1.54) is 12.1 Å². The Hall–Kier alpha value is -3.12. The lowest BCUT2D eigenvalue weighted by Crippen LogP contribution is -2.31. The Labute approximate surface area is 204 Å². The second-order valence-electron chi connectivity index (χ2n) is 7.50. The molecule has 186 valence electrons. The molecule has 6 heteroatoms. The summed E-state index contributed by atoms with van der Waals surface area (Å²) in [5.41, 5.74) is 0.180. The molecule has 0 bridgehead atoms. The van der Waals surface area contributed by atoms with E-state index in [0.29, 0.717) is 13.0 Å². The zero-order chi connectivity index (χ0) is 24.9. The van der Waals surface area contributed by atoms with Gasteiger partial charge < -0.3 is 19.9 Å². The van der Waals surface area contributed by atoms with Crippen molar-refractivity contribution in [2.75, 3.05) is 19.8 Å². The number of amides is 1. The van der Waals surface area contributed by atoms with Gasteiger partial charge in [-0.05, 0) is 50.7 Å². The van der Waals surface area contributed by atoms with E-state index in [1.807, 2.05) is 13.0 Å². The van der Waals surface area contributed by atoms with Crippen molar-refractivity contribution in [1.82, 2.24) is 5.32 Å². The molecule has 0 aliphatic rings. The van der Waals surface area contributed by atoms with Gasteiger partial charge in [0.15, 0.2) is 6.10 Å². The predicted octanol–water partition coefficient (Wildman–Crippen LogP) is 5.66. The van der Waals surface area contributed by atoms with Gasteiger partial charge in [-0.1, -0.05) is 74.6 Å². The molecule has 1 unspecified atom stereocenters. The van der Waals surface area contributed by atoms with E-state index >= 15 is 0 Å². The standard InChI is InChI=1S/C28H39NO5/c1-3-5-6-7-8-9-10-11-12-13-14-15-18-22-33-26(4-2)28(32)34-23-21-29-27(31)24-19-16-17-20-25(24)30/h5-6,8-9,11-12,14-17,19-20,26,30H,3-4,7,10,13,18,21-23H2,1-2H3,(H,29,31)/b6-5-,9-8-,12-11-,15-14-. The number of phenolic OH excluding ortho intramolecular Hbond substituents is 1. The maximum Gasteiger partial charge on any atom is 0.335 e. The Morgan fingerprint density at radius 2 is 1.53 bits per heavy atom. The van der Waals surface area contributed by atoms with Crippen molar-refractivity contribution in [3.05, 3.63) is 78.4 Å². The zero-order valence-corrected chi connectivity index (χ0v) is 20.4. The second-order valence-corrected chi connectivity index (χ2v) is 7.50. The summed E-state index contributed by atoms with van der Waals surface area (Å²) in [6, 6.07) is 6.27. The molecule has 0 aliphatic carbocycles. The summed E-state index contributed by atoms with van der Waals surface area (Å²) in [6.07, 6.45) is 21.6. The largest absolute Gasteiger partial charge is 0.507 e. The summed E-state index contributed by atoms with van der Waals surface area (Å²) in [6.45, 7) is 4.62. The number of allylic oxidation sites excluding steroid dienone is 7. The van der Waals surface area contributed by atoms with Crippen LogP contribution in [0.1, 0.15) is 62.7 Å². The highest BCUT2D eigenvalue weighted by Crippen LogP contribution is 2.14. The summed E-state index contributed by atoms with van der Waals surface area (Å²) in [4.78, 5) is 24.2. The van der Waals surface area contributed by atoms with Crippen LogP contribution in [0.5, 0.6) is 5.75 Å². The molecule has 1 aromatic carbocycles. The molecule has 0 saturated heterocycles. The highest BCUT2D eigenvalue weighted by molar-refractivity contribution is 5.96. The average Bonchev–Trinajstić information content (AvgIpc) is 2.84. The van der Waals surface area contributed by atoms with Crippen molar-refractivity contribution >= 4 is 11.9 Å². The Morgan fingerprint density at radius 1 is 0.912 bits per heavy atom. The van der Waals surface area contributed by atoms with Crippen LogP contribution in [0.15, 0.2) is 72.9 Å². The van der Waals surface area contributed by atoms with Gasteiger partial charge in [0.25, 0.3) is 5.91 Å². The fourth-order valence-corrected chi connectivity index (χ4v) is 2.90. The number of esters is 1. The number of aromatic hydroxyl groups is 1. The summed E-state index contributed by atoms with van der Waals surface area (Å²) >= 11 is 0. The molecule has 1 atom stereocenters. The Bertz CT molecular complexity index is 826. The maximum absolute atomic E-state index is 12.2. The molecule has 0 heterocycles. The van der Waals surface area contributed by atoms with Crippen molar-refractivity contribution < 1.29 is 24.2 Å². The summed E-state index contributed by atoms with van der Waals surface area (Å²) in [5, 5.41) is 12.3. The van der Waals surface area contributed by atoms with E-state index in [9.17, 15) is 14.7 Å². The number of rotatable bonds is 17. The van der Waals surface area contributed by atoms with E-state index in [-0.39, 0.29) is 24.5 Å². The smallest absolute Gasteiger partial charge is 0.335 e. The van der Waals surface area contributed by atoms with E-state index < -0.39 is 18.0 Å². The highest BCUT2D eigenvalue weighted by Gasteiger charge is 2.18. The lowest BCUT2D eigenvalue weighted by atomic mass is 10.2. The predicted molar refractivity (Wildman–Crippen MR) is 137 cm³/mol. The third-order valence-electron chi connectivity index (χ3n) is 4.74. The molecular weight excluding hydrogens is 430 g/mol. The van der Waals surface area contributed by atoms with Crippen LogP contribution in [-0.2, 0) is 14.3 Å². The van der Waals surface area contributed by atoms with E-state index in [1.54, 1.807) is 12.1 Å². The first-order valence-corrected chi connectivity index (χ1v) is 12.0. The third kappa shape index (κ3) is 13.4. The number of benzene rings is 1. The van der Waals surface area contributed by atoms with Gasteiger partial charge >= 0.3 is 5.97 Å². The van der Waals surface area contributed by atoms with Crippen molar-refractivity contribution in [3.63, 3.8) is 0 Å². The monoisotopic (exact) mass is 469 g/mol. The lowest BCUT2D eigenvalue weighted by molar-refractivity contribution is -0.157. The number of carbonyl (C=O) groups excluding carboxylic acids is 2. The van der Waals surface area contributed by atoms with E-state index in [2.05, 4.69) is 54.8 Å². The fourth-order valence-electron chi connectivity index (χ4n) is 2.90. The van der Waals surface area contributed by atoms with Crippen molar-refractivity contribution in [2.24, 2.45) is 0 Å². The van der Waals surface area contributed by atoms with Gasteiger partial charge in [-0.25, -0.2) is 4.79 Å². The van der Waals surface area contributed by atoms with Gasteiger partial charge in [0.05, 0.1) is 18.7 Å². The molecule has 1 aromatic rings. The SMILES string of the molecule is CC/C=C\C/C=C\C/C=C\C/C=C\CCOC(CC)C(=O)OCCNC(=O)c1ccccc1O. The molecule has 0 fully saturated rings. The normalized spacial score (nSPS) is 12.8. The average molecular weight is 470 g/mol. The number of carbonyl (C=O) groups is 2. The van der Waals surface area contributed by atoms with Gasteiger partial charge in [0.2, 0.25) is 0 Å². The topological polar surface area (TPSA) is 84.9 Å². The molecule has 1 amide bonds. The highest BCUT2D eigenvalue weighted by atomic mass is 16.6. The van der Waals surface area contributed by atoms with Crippen LogP contribution >= 0.6 is 0 Å². The molecule has 0 aromatic heterocycles. The molecule has 0 aliphatic heterocycles. The molecular formula is C28H39NO5. The Morgan fingerprint density at radius 3 is 2.15 bits per heavy atom. The summed E-state index contributed by atoms with van der Waals surface area (Å²) in [7, 11) is 0. The number of nitrogens with one attached hydrogen (secondary N) is 1. The van der Waals surface area contributed by atoms with E-state index in [4.69, 9.17) is 9.47 Å². The van der Waals surface area contributed by atoms with Crippen LogP contribution in [0, 0.1) is 0 Å². The van der Waals surface area contributed by atoms with Crippen LogP contribution in [-0.4, -0.2) is 42.8 Å². The second kappa shape index (κ2) is 19.4. The fraction of sp³-hybridized carbons (Fsp3) is 0.429. The van der Waals surface area contributed by atoms with Crippen molar-refractivity contribution in [2.45, 2.75) is 58.5 Å². The lowest BCUT2D eigenvalue weighted by Gasteiger charge is -2.15. The zero-order valence-electron chi connectivity index (χ0n) is 20.4. The third-order valence-corrected chi connectivity index (χ3v) is 4.74. The van der Waals surface area contributed by atoms with Gasteiger partial charge in [-0.2, -0.15) is 0 Å². The first kappa shape index (κ1) is 28.9. The number of para-hydroxylation sites is 1. The van der Waals surface area contributed by atoms with Crippen LogP contribution in [0.2, 0.25) is 0 Å². The molecule has 0 saturated carbocycles. The van der Waals surface area contributed by atoms with Crippen LogP contribution in [0.4, 0.5) is 0 Å². The minimum absolute atomic E-state index is 0.0366. The van der Waals surface area contributed by atoms with Gasteiger partial charge in [-0.3, -0.25) is 4.79 Å². The molecule has 34 heavy (non-hydrogen) atoms. The molecule has 2 N–H and O–H groups in total. The Balaban J connectivity index is 2.14. The number of hydrogen-bond donors (Lipinski definition) is 2. The van der Waals surface area contributed by atoms with E-state index in [0.717, 1.165) is 32.1 Å². The van der Waals surface area contributed by atoms with Gasteiger partial charge in [-0.15, -0.1) is 0 Å². The number of hydrogen-bond acceptors (Lipinski definition) is 5. The van der Waals surface area contributed by atoms with Gasteiger partial charge in [0, 0.05) is 0 Å². The first-order chi connectivity index (χ1) is 16.6. The van der Waals surface area contributed by atoms with Crippen LogP contribution < -0.4 is 5.32 Å². The minimum atomic E-state index is -0.624. The van der Waals surface area contributed by atoms with Crippen LogP contribution in [0.3, 0.4) is 0 Å². The molecule has 0 spiro atoms. The quantitative estimate of drug-likeness (QED) is 0.175. The minimum Gasteiger partial charge on any atom is -0.507 e. The van der Waals surface area contributed by atoms with Crippen molar-refractivity contribution in [1.29, 1.82) is 0 Å². The maximum atomic E-state index is 12.2. The van der Waals surface area contributed by atoms with Crippen LogP contribution in [0.25, 0.3) is 0 Å². The molecule has 6 nitrogen and oxygen atoms in total. The summed E-state index contributed by atoms with van der Waals surface area (Å²) in [5.74, 6) is -0.954. The molecule has 0 radical (unpaired) electrons. The number of ether oxygens (including phenoxy) is 2. The van der Waals surface area contributed by atoms with Crippen molar-refractivity contribution in [3.8, 4) is 5.75 Å². The van der Waals surface area contributed by atoms with Gasteiger partial charge in [0.1, 0.15) is 12.4 Å². The summed E-state index contributed by atoms with van der Waals surface area (Å²) < 4.78 is 10.8. The molecule has 1 rings (SSSR count). The first-order valence-electron chi connectivity index (χ1n) is 12.0. The number of phenols is 1. The Kier molecular flexibility index (Phi) is 16.5.